The van der Waals surface area contributed by atoms with Gasteiger partial charge in [0.1, 0.15) is 0 Å². The van der Waals surface area contributed by atoms with Crippen molar-refractivity contribution in [3.63, 3.8) is 0 Å². The molecule has 1 atom stereocenters. The third kappa shape index (κ3) is 4.51. The van der Waals surface area contributed by atoms with E-state index in [1.54, 1.807) is 17.3 Å². The minimum Gasteiger partial charge on any atom is -0.353 e. The van der Waals surface area contributed by atoms with Gasteiger partial charge in [-0.2, -0.15) is 0 Å². The van der Waals surface area contributed by atoms with Crippen molar-refractivity contribution in [3.05, 3.63) is 30.1 Å². The van der Waals surface area contributed by atoms with Gasteiger partial charge in [0, 0.05) is 44.6 Å². The molecular weight excluding hydrogens is 292 g/mol. The second-order valence-corrected chi connectivity index (χ2v) is 6.11. The lowest BCUT2D eigenvalue weighted by atomic mass is 10.1. The van der Waals surface area contributed by atoms with E-state index >= 15 is 0 Å². The molecule has 126 valence electrons. The average Bonchev–Trinajstić information content (AvgIpc) is 2.55. The van der Waals surface area contributed by atoms with Gasteiger partial charge >= 0.3 is 0 Å². The van der Waals surface area contributed by atoms with E-state index in [1.165, 1.54) is 0 Å². The predicted octanol–water partition coefficient (Wildman–Crippen LogP) is 1.03. The topological polar surface area (TPSA) is 65.5 Å². The fraction of sp³-hybridized carbons (Fsp3) is 0.588. The molecule has 0 bridgehead atoms. The van der Waals surface area contributed by atoms with Crippen LogP contribution < -0.4 is 5.32 Å². The molecule has 2 heterocycles. The summed E-state index contributed by atoms with van der Waals surface area (Å²) in [5, 5.41) is 2.87. The number of amides is 2. The first kappa shape index (κ1) is 17.4. The van der Waals surface area contributed by atoms with E-state index in [0.29, 0.717) is 19.6 Å². The Morgan fingerprint density at radius 3 is 2.74 bits per heavy atom. The predicted molar refractivity (Wildman–Crippen MR) is 88.6 cm³/mol. The summed E-state index contributed by atoms with van der Waals surface area (Å²) < 4.78 is 0. The number of hydrogen-bond acceptors (Lipinski definition) is 4. The second kappa shape index (κ2) is 8.06. The Balaban J connectivity index is 2.03. The van der Waals surface area contributed by atoms with Gasteiger partial charge in [0.2, 0.25) is 11.8 Å². The number of nitrogens with zero attached hydrogens (tertiary/aromatic N) is 3. The molecule has 0 spiro atoms. The molecule has 23 heavy (non-hydrogen) atoms. The highest BCUT2D eigenvalue weighted by Gasteiger charge is 2.33. The molecule has 1 aliphatic rings. The molecule has 1 aliphatic heterocycles. The van der Waals surface area contributed by atoms with E-state index in [-0.39, 0.29) is 30.3 Å². The Bertz CT molecular complexity index is 533. The molecule has 0 aliphatic carbocycles. The average molecular weight is 318 g/mol. The van der Waals surface area contributed by atoms with Crippen molar-refractivity contribution in [1.82, 2.24) is 20.1 Å². The summed E-state index contributed by atoms with van der Waals surface area (Å²) in [6.07, 6.45) is 3.67. The first-order valence-electron chi connectivity index (χ1n) is 8.23. The normalized spacial score (nSPS) is 18.8. The molecule has 6 nitrogen and oxygen atoms in total. The minimum absolute atomic E-state index is 0.0111. The summed E-state index contributed by atoms with van der Waals surface area (Å²) in [5.41, 5.74) is 1.05. The molecule has 6 heteroatoms. The Morgan fingerprint density at radius 2 is 2.13 bits per heavy atom. The maximum atomic E-state index is 12.7. The number of carbonyl (C=O) groups excluding carboxylic acids is 2. The number of pyridine rings is 1. The van der Waals surface area contributed by atoms with Crippen LogP contribution in [0, 0.1) is 0 Å². The summed E-state index contributed by atoms with van der Waals surface area (Å²) >= 11 is 0. The summed E-state index contributed by atoms with van der Waals surface area (Å²) in [5.74, 6) is -0.0322. The SMILES string of the molecule is CCN(Cc1ccncc1)C(=O)CC1C(=O)NCCN1C(C)C. The fourth-order valence-corrected chi connectivity index (χ4v) is 2.94. The minimum atomic E-state index is -0.372. The second-order valence-electron chi connectivity index (χ2n) is 6.11. The maximum absolute atomic E-state index is 12.7. The van der Waals surface area contributed by atoms with Gasteiger partial charge < -0.3 is 10.2 Å². The third-order valence-corrected chi connectivity index (χ3v) is 4.26. The molecular formula is C17H26N4O2. The van der Waals surface area contributed by atoms with Gasteiger partial charge in [0.25, 0.3) is 0 Å². The van der Waals surface area contributed by atoms with Crippen LogP contribution >= 0.6 is 0 Å². The lowest BCUT2D eigenvalue weighted by molar-refractivity contribution is -0.139. The van der Waals surface area contributed by atoms with Gasteiger partial charge in [-0.15, -0.1) is 0 Å². The van der Waals surface area contributed by atoms with Gasteiger partial charge in [-0.1, -0.05) is 0 Å². The zero-order valence-corrected chi connectivity index (χ0v) is 14.2. The van der Waals surface area contributed by atoms with Crippen molar-refractivity contribution in [2.24, 2.45) is 0 Å². The highest BCUT2D eigenvalue weighted by Crippen LogP contribution is 2.15. The van der Waals surface area contributed by atoms with Crippen molar-refractivity contribution in [2.75, 3.05) is 19.6 Å². The maximum Gasteiger partial charge on any atom is 0.237 e. The standard InChI is InChI=1S/C17H26N4O2/c1-4-20(12-14-5-7-18-8-6-14)16(22)11-15-17(23)19-9-10-21(15)13(2)3/h5-8,13,15H,4,9-12H2,1-3H3,(H,19,23). The molecule has 1 fully saturated rings. The van der Waals surface area contributed by atoms with Crippen molar-refractivity contribution >= 4 is 11.8 Å². The number of hydrogen-bond donors (Lipinski definition) is 1. The first-order chi connectivity index (χ1) is 11.0. The molecule has 1 saturated heterocycles. The lowest BCUT2D eigenvalue weighted by Crippen LogP contribution is -2.58. The summed E-state index contributed by atoms with van der Waals surface area (Å²) in [7, 11) is 0. The molecule has 1 N–H and O–H groups in total. The molecule has 0 aromatic carbocycles. The number of aromatic nitrogens is 1. The van der Waals surface area contributed by atoms with Crippen LogP contribution in [0.1, 0.15) is 32.8 Å². The van der Waals surface area contributed by atoms with E-state index < -0.39 is 0 Å². The van der Waals surface area contributed by atoms with Gasteiger partial charge in [-0.05, 0) is 38.5 Å². The number of rotatable bonds is 6. The van der Waals surface area contributed by atoms with E-state index in [4.69, 9.17) is 0 Å². The molecule has 2 rings (SSSR count). The van der Waals surface area contributed by atoms with E-state index in [1.807, 2.05) is 19.1 Å². The van der Waals surface area contributed by atoms with Gasteiger partial charge in [-0.25, -0.2) is 0 Å². The highest BCUT2D eigenvalue weighted by molar-refractivity contribution is 5.88. The van der Waals surface area contributed by atoms with Gasteiger partial charge in [0.05, 0.1) is 12.5 Å². The van der Waals surface area contributed by atoms with E-state index in [9.17, 15) is 9.59 Å². The monoisotopic (exact) mass is 318 g/mol. The number of piperazine rings is 1. The van der Waals surface area contributed by atoms with Crippen molar-refractivity contribution in [3.8, 4) is 0 Å². The Labute approximate surface area is 137 Å². The molecule has 2 amide bonds. The highest BCUT2D eigenvalue weighted by atomic mass is 16.2. The number of carbonyl (C=O) groups is 2. The largest absolute Gasteiger partial charge is 0.353 e. The first-order valence-corrected chi connectivity index (χ1v) is 8.23. The molecule has 0 saturated carbocycles. The Hall–Kier alpha value is -1.95. The molecule has 1 aromatic rings. The van der Waals surface area contributed by atoms with Crippen LogP contribution in [-0.2, 0) is 16.1 Å². The van der Waals surface area contributed by atoms with Gasteiger partial charge in [0.15, 0.2) is 0 Å². The quantitative estimate of drug-likeness (QED) is 0.851. The Morgan fingerprint density at radius 1 is 1.43 bits per heavy atom. The van der Waals surface area contributed by atoms with Crippen molar-refractivity contribution in [2.45, 2.75) is 45.8 Å². The van der Waals surface area contributed by atoms with Crippen LogP contribution in [-0.4, -0.2) is 58.3 Å². The van der Waals surface area contributed by atoms with Crippen molar-refractivity contribution < 1.29 is 9.59 Å². The van der Waals surface area contributed by atoms with Crippen LogP contribution in [0.3, 0.4) is 0 Å². The summed E-state index contributed by atoms with van der Waals surface area (Å²) in [4.78, 5) is 32.7. The van der Waals surface area contributed by atoms with Crippen LogP contribution in [0.4, 0.5) is 0 Å². The zero-order chi connectivity index (χ0) is 16.8. The molecule has 1 aromatic heterocycles. The third-order valence-electron chi connectivity index (χ3n) is 4.26. The zero-order valence-electron chi connectivity index (χ0n) is 14.2. The molecule has 0 radical (unpaired) electrons. The summed E-state index contributed by atoms with van der Waals surface area (Å²) in [6, 6.07) is 3.68. The van der Waals surface area contributed by atoms with Crippen LogP contribution in [0.15, 0.2) is 24.5 Å². The van der Waals surface area contributed by atoms with Crippen molar-refractivity contribution in [1.29, 1.82) is 0 Å². The van der Waals surface area contributed by atoms with Gasteiger partial charge in [-0.3, -0.25) is 19.5 Å². The fourth-order valence-electron chi connectivity index (χ4n) is 2.94. The lowest BCUT2D eigenvalue weighted by Gasteiger charge is -2.38. The smallest absolute Gasteiger partial charge is 0.237 e. The molecule has 1 unspecified atom stereocenters. The summed E-state index contributed by atoms with van der Waals surface area (Å²) in [6.45, 7) is 8.69. The number of nitrogens with one attached hydrogen (secondary N) is 1. The van der Waals surface area contributed by atoms with Crippen LogP contribution in [0.2, 0.25) is 0 Å². The van der Waals surface area contributed by atoms with Crippen LogP contribution in [0.25, 0.3) is 0 Å². The van der Waals surface area contributed by atoms with E-state index in [2.05, 4.69) is 29.0 Å². The Kier molecular flexibility index (Phi) is 6.10. The van der Waals surface area contributed by atoms with E-state index in [0.717, 1.165) is 12.1 Å². The van der Waals surface area contributed by atoms with Crippen LogP contribution in [0.5, 0.6) is 0 Å².